The van der Waals surface area contributed by atoms with Crippen LogP contribution in [0.4, 0.5) is 5.69 Å². The second kappa shape index (κ2) is 8.75. The molecule has 8 heteroatoms. The number of hydrogen-bond donors (Lipinski definition) is 1. The molecule has 150 valence electrons. The van der Waals surface area contributed by atoms with Crippen molar-refractivity contribution in [2.75, 3.05) is 5.32 Å². The molecule has 0 saturated carbocycles. The number of hydrogen-bond acceptors (Lipinski definition) is 4. The topological polar surface area (TPSA) is 77.6 Å². The van der Waals surface area contributed by atoms with Gasteiger partial charge in [-0.25, -0.2) is 14.3 Å². The van der Waals surface area contributed by atoms with Crippen molar-refractivity contribution in [2.45, 2.75) is 13.5 Å². The van der Waals surface area contributed by atoms with Crippen molar-refractivity contribution in [3.63, 3.8) is 0 Å². The van der Waals surface area contributed by atoms with E-state index in [4.69, 9.17) is 11.6 Å². The fourth-order valence-electron chi connectivity index (χ4n) is 3.00. The van der Waals surface area contributed by atoms with E-state index in [0.717, 1.165) is 22.5 Å². The van der Waals surface area contributed by atoms with Crippen LogP contribution in [0.3, 0.4) is 0 Å². The molecule has 2 heterocycles. The van der Waals surface area contributed by atoms with E-state index in [-0.39, 0.29) is 5.91 Å². The zero-order valence-corrected chi connectivity index (χ0v) is 17.0. The number of aromatic nitrogens is 5. The molecule has 0 spiro atoms. The number of carbonyl (C=O) groups is 1. The predicted molar refractivity (Wildman–Crippen MR) is 117 cm³/mol. The molecule has 30 heavy (non-hydrogen) atoms. The van der Waals surface area contributed by atoms with Crippen LogP contribution < -0.4 is 5.32 Å². The number of carbonyl (C=O) groups excluding carboxylic acids is 1. The molecule has 0 fully saturated rings. The minimum absolute atomic E-state index is 0.255. The Morgan fingerprint density at radius 3 is 2.60 bits per heavy atom. The molecule has 7 nitrogen and oxygen atoms in total. The van der Waals surface area contributed by atoms with Crippen molar-refractivity contribution in [1.82, 2.24) is 24.5 Å². The Hall–Kier alpha value is -3.71. The zero-order chi connectivity index (χ0) is 20.9. The fourth-order valence-corrected chi connectivity index (χ4v) is 3.30. The van der Waals surface area contributed by atoms with E-state index < -0.39 is 0 Å². The average Bonchev–Trinajstić information content (AvgIpc) is 3.37. The van der Waals surface area contributed by atoms with Gasteiger partial charge in [-0.3, -0.25) is 4.79 Å². The van der Waals surface area contributed by atoms with Crippen molar-refractivity contribution in [1.29, 1.82) is 0 Å². The Balaban J connectivity index is 1.42. The highest BCUT2D eigenvalue weighted by molar-refractivity contribution is 6.31. The Morgan fingerprint density at radius 1 is 1.13 bits per heavy atom. The molecule has 4 rings (SSSR count). The second-order valence-electron chi connectivity index (χ2n) is 6.64. The van der Waals surface area contributed by atoms with Gasteiger partial charge >= 0.3 is 0 Å². The number of benzene rings is 2. The molecule has 0 aliphatic carbocycles. The molecule has 0 unspecified atom stereocenters. The molecule has 0 aliphatic rings. The molecular weight excluding hydrogens is 400 g/mol. The number of nitrogens with one attached hydrogen (secondary N) is 1. The third kappa shape index (κ3) is 4.47. The minimum Gasteiger partial charge on any atom is -0.323 e. The summed E-state index contributed by atoms with van der Waals surface area (Å²) in [6.07, 6.45) is 6.22. The lowest BCUT2D eigenvalue weighted by Crippen LogP contribution is -2.07. The summed E-state index contributed by atoms with van der Waals surface area (Å²) in [5, 5.41) is 11.9. The van der Waals surface area contributed by atoms with Crippen molar-refractivity contribution in [3.8, 4) is 5.69 Å². The highest BCUT2D eigenvalue weighted by Crippen LogP contribution is 2.22. The van der Waals surface area contributed by atoms with Gasteiger partial charge in [-0.15, -0.1) is 0 Å². The van der Waals surface area contributed by atoms with E-state index in [0.29, 0.717) is 17.4 Å². The smallest absolute Gasteiger partial charge is 0.248 e. The molecular formula is C22H19ClN6O. The van der Waals surface area contributed by atoms with Crippen LogP contribution in [0.2, 0.25) is 5.15 Å². The highest BCUT2D eigenvalue weighted by Gasteiger charge is 2.12. The normalized spacial score (nSPS) is 11.1. The minimum atomic E-state index is -0.255. The maximum Gasteiger partial charge on any atom is 0.248 e. The summed E-state index contributed by atoms with van der Waals surface area (Å²) in [6.45, 7) is 2.44. The summed E-state index contributed by atoms with van der Waals surface area (Å²) in [7, 11) is 0. The quantitative estimate of drug-likeness (QED) is 0.478. The van der Waals surface area contributed by atoms with Crippen molar-refractivity contribution in [2.24, 2.45) is 0 Å². The van der Waals surface area contributed by atoms with Crippen LogP contribution in [0, 0.1) is 6.92 Å². The maximum atomic E-state index is 12.3. The Kier molecular flexibility index (Phi) is 5.72. The largest absolute Gasteiger partial charge is 0.323 e. The van der Waals surface area contributed by atoms with Gasteiger partial charge in [-0.2, -0.15) is 10.2 Å². The van der Waals surface area contributed by atoms with Gasteiger partial charge in [-0.1, -0.05) is 41.9 Å². The summed E-state index contributed by atoms with van der Waals surface area (Å²) in [5.41, 5.74) is 4.12. The maximum absolute atomic E-state index is 12.3. The Bertz CT molecular complexity index is 1160. The molecule has 1 amide bonds. The molecule has 2 aromatic heterocycles. The molecule has 4 aromatic rings. The first-order valence-electron chi connectivity index (χ1n) is 9.31. The van der Waals surface area contributed by atoms with Gasteiger partial charge in [0.1, 0.15) is 17.8 Å². The van der Waals surface area contributed by atoms with Crippen LogP contribution in [0.5, 0.6) is 0 Å². The third-order valence-corrected chi connectivity index (χ3v) is 4.90. The first kappa shape index (κ1) is 19.6. The number of rotatable bonds is 6. The molecule has 0 bridgehead atoms. The van der Waals surface area contributed by atoms with Gasteiger partial charge in [0.25, 0.3) is 0 Å². The van der Waals surface area contributed by atoms with E-state index in [1.165, 1.54) is 12.4 Å². The van der Waals surface area contributed by atoms with Crippen LogP contribution in [0.1, 0.15) is 16.8 Å². The van der Waals surface area contributed by atoms with Gasteiger partial charge < -0.3 is 5.32 Å². The zero-order valence-electron chi connectivity index (χ0n) is 16.2. The number of nitrogens with zero attached hydrogens (tertiary/aromatic N) is 5. The van der Waals surface area contributed by atoms with Gasteiger partial charge in [0.05, 0.1) is 17.9 Å². The number of halogens is 1. The van der Waals surface area contributed by atoms with Crippen LogP contribution in [-0.2, 0) is 11.3 Å². The number of anilines is 1. The van der Waals surface area contributed by atoms with Gasteiger partial charge in [-0.05, 0) is 42.8 Å². The molecule has 2 aromatic carbocycles. The summed E-state index contributed by atoms with van der Waals surface area (Å²) in [5.74, 6) is -0.255. The summed E-state index contributed by atoms with van der Waals surface area (Å²) >= 11 is 6.49. The van der Waals surface area contributed by atoms with Gasteiger partial charge in [0, 0.05) is 17.3 Å². The predicted octanol–water partition coefficient (Wildman–Crippen LogP) is 4.13. The fraction of sp³-hybridized carbons (Fsp3) is 0.0909. The van der Waals surface area contributed by atoms with Crippen molar-refractivity contribution in [3.05, 3.63) is 95.3 Å². The molecule has 0 aliphatic heterocycles. The van der Waals surface area contributed by atoms with Crippen LogP contribution >= 0.6 is 11.6 Å². The van der Waals surface area contributed by atoms with E-state index in [9.17, 15) is 4.79 Å². The van der Waals surface area contributed by atoms with E-state index in [1.54, 1.807) is 33.9 Å². The van der Waals surface area contributed by atoms with E-state index >= 15 is 0 Å². The molecule has 0 atom stereocenters. The first-order chi connectivity index (χ1) is 14.6. The average molecular weight is 419 g/mol. The highest BCUT2D eigenvalue weighted by atomic mass is 35.5. The van der Waals surface area contributed by atoms with Crippen LogP contribution in [-0.4, -0.2) is 30.5 Å². The van der Waals surface area contributed by atoms with E-state index in [2.05, 4.69) is 20.5 Å². The summed E-state index contributed by atoms with van der Waals surface area (Å²) in [4.78, 5) is 16.2. The third-order valence-electron chi connectivity index (χ3n) is 4.50. The van der Waals surface area contributed by atoms with Gasteiger partial charge in [0.15, 0.2) is 0 Å². The number of aryl methyl sites for hydroxylation is 1. The summed E-state index contributed by atoms with van der Waals surface area (Å²) in [6, 6.07) is 17.3. The lowest BCUT2D eigenvalue weighted by molar-refractivity contribution is -0.111. The van der Waals surface area contributed by atoms with Crippen molar-refractivity contribution >= 4 is 29.3 Å². The van der Waals surface area contributed by atoms with Crippen LogP contribution in [0.25, 0.3) is 11.8 Å². The Morgan fingerprint density at radius 2 is 1.90 bits per heavy atom. The number of amides is 1. The monoisotopic (exact) mass is 418 g/mol. The molecule has 0 saturated heterocycles. The summed E-state index contributed by atoms with van der Waals surface area (Å²) < 4.78 is 3.37. The van der Waals surface area contributed by atoms with Crippen molar-refractivity contribution < 1.29 is 4.79 Å². The lowest BCUT2D eigenvalue weighted by Gasteiger charge is -2.04. The Labute approximate surface area is 178 Å². The molecule has 1 N–H and O–H groups in total. The standard InChI is InChI=1S/C22H19ClN6O/c1-16-20(22(23)28(27-16)13-17-5-3-2-4-6-17)11-12-21(30)26-18-7-9-19(10-8-18)29-15-24-14-25-29/h2-12,14-15H,13H2,1H3,(H,26,30)/b12-11+. The second-order valence-corrected chi connectivity index (χ2v) is 7.00. The molecule has 0 radical (unpaired) electrons. The lowest BCUT2D eigenvalue weighted by atomic mass is 10.2. The SMILES string of the molecule is Cc1nn(Cc2ccccc2)c(Cl)c1/C=C/C(=O)Nc1ccc(-n2cncn2)cc1. The van der Waals surface area contributed by atoms with Gasteiger partial charge in [0.2, 0.25) is 5.91 Å². The van der Waals surface area contributed by atoms with E-state index in [1.807, 2.05) is 49.4 Å². The first-order valence-corrected chi connectivity index (χ1v) is 9.69. The van der Waals surface area contributed by atoms with Crippen LogP contribution in [0.15, 0.2) is 73.3 Å².